The number of rotatable bonds is 2. The van der Waals surface area contributed by atoms with Crippen LogP contribution < -0.4 is 0 Å². The molecule has 7 heteroatoms. The van der Waals surface area contributed by atoms with Gasteiger partial charge in [0.1, 0.15) is 0 Å². The Morgan fingerprint density at radius 2 is 1.36 bits per heavy atom. The van der Waals surface area contributed by atoms with Crippen molar-refractivity contribution in [3.8, 4) is 0 Å². The van der Waals surface area contributed by atoms with Crippen molar-refractivity contribution >= 4 is 48.1 Å². The summed E-state index contributed by atoms with van der Waals surface area (Å²) in [5.41, 5.74) is 0. The molecule has 0 rings (SSSR count). The topological polar surface area (TPSA) is 89.5 Å². The van der Waals surface area contributed by atoms with Crippen molar-refractivity contribution in [2.75, 3.05) is 13.2 Å². The van der Waals surface area contributed by atoms with Crippen molar-refractivity contribution in [3.63, 3.8) is 0 Å². The van der Waals surface area contributed by atoms with Gasteiger partial charge in [-0.2, -0.15) is 0 Å². The van der Waals surface area contributed by atoms with Gasteiger partial charge in [0.15, 0.2) is 0 Å². The van der Waals surface area contributed by atoms with E-state index in [0.717, 1.165) is 13.2 Å². The maximum atomic E-state index is 8.52. The Balaban J connectivity index is -0.000000107. The third-order valence-corrected chi connectivity index (χ3v) is 0.408. The van der Waals surface area contributed by atoms with Crippen LogP contribution in [0.15, 0.2) is 0 Å². The van der Waals surface area contributed by atoms with Crippen LogP contribution >= 0.6 is 0 Å². The minimum Gasteiger partial charge on any atom is -0.759 e. The molecule has 0 aliphatic carbocycles. The second-order valence-corrected chi connectivity index (χ2v) is 2.01. The van der Waals surface area contributed by atoms with E-state index in [1.54, 1.807) is 0 Å². The first-order valence-corrected chi connectivity index (χ1v) is 3.99. The zero-order chi connectivity index (χ0) is 8.62. The summed E-state index contributed by atoms with van der Waals surface area (Å²) < 4.78 is 38.9. The van der Waals surface area contributed by atoms with E-state index in [0.29, 0.717) is 0 Å². The van der Waals surface area contributed by atoms with Gasteiger partial charge >= 0.3 is 37.7 Å². The molecule has 0 aliphatic rings. The van der Waals surface area contributed by atoms with Crippen molar-refractivity contribution in [2.45, 2.75) is 13.8 Å². The minimum atomic E-state index is -5.17. The van der Waals surface area contributed by atoms with Gasteiger partial charge in [0.05, 0.1) is 0 Å². The molecule has 0 aromatic heterocycles. The normalized spacial score (nSPS) is 9.09. The molecule has 0 unspecified atom stereocenters. The van der Waals surface area contributed by atoms with Crippen LogP contribution in [0.4, 0.5) is 0 Å². The van der Waals surface area contributed by atoms with Crippen molar-refractivity contribution < 1.29 is 22.3 Å². The maximum absolute atomic E-state index is 8.52. The van der Waals surface area contributed by atoms with Crippen LogP contribution in [0.3, 0.4) is 0 Å². The molecule has 11 heavy (non-hydrogen) atoms. The van der Waals surface area contributed by atoms with Gasteiger partial charge in [-0.3, -0.25) is 8.42 Å². The van der Waals surface area contributed by atoms with E-state index in [1.165, 1.54) is 0 Å². The standard InChI is InChI=1S/C4H10O.Ca.H2O4S/c1-3-5-4-2;;1-5(2,3)4/h3-4H2,1-2H3;;(H2,1,2,3,4)/q;+2;/p-2. The SMILES string of the molecule is CCOCC.O=S(=O)([O-])[O-].[Ca+2]. The van der Waals surface area contributed by atoms with Gasteiger partial charge in [-0.25, -0.2) is 0 Å². The van der Waals surface area contributed by atoms with Crippen molar-refractivity contribution in [1.29, 1.82) is 0 Å². The molecule has 0 saturated carbocycles. The van der Waals surface area contributed by atoms with Crippen LogP contribution in [0.2, 0.25) is 0 Å². The van der Waals surface area contributed by atoms with Gasteiger partial charge < -0.3 is 13.8 Å². The molecule has 0 spiro atoms. The van der Waals surface area contributed by atoms with E-state index in [-0.39, 0.29) is 37.7 Å². The Kier molecular flexibility index (Phi) is 18.1. The van der Waals surface area contributed by atoms with E-state index in [2.05, 4.69) is 0 Å². The predicted octanol–water partition coefficient (Wildman–Crippen LogP) is -0.676. The van der Waals surface area contributed by atoms with Crippen molar-refractivity contribution in [2.24, 2.45) is 0 Å². The molecule has 64 valence electrons. The van der Waals surface area contributed by atoms with E-state index in [9.17, 15) is 0 Å². The van der Waals surface area contributed by atoms with Crippen LogP contribution in [0.5, 0.6) is 0 Å². The summed E-state index contributed by atoms with van der Waals surface area (Å²) in [6, 6.07) is 0. The summed E-state index contributed by atoms with van der Waals surface area (Å²) in [4.78, 5) is 0. The van der Waals surface area contributed by atoms with Crippen molar-refractivity contribution in [1.82, 2.24) is 0 Å². The average Bonchev–Trinajstić information content (AvgIpc) is 1.63. The third-order valence-electron chi connectivity index (χ3n) is 0.408. The van der Waals surface area contributed by atoms with Gasteiger partial charge in [0, 0.05) is 23.6 Å². The van der Waals surface area contributed by atoms with Crippen LogP contribution in [0.25, 0.3) is 0 Å². The maximum Gasteiger partial charge on any atom is 2.00 e. The molecule has 0 aliphatic heterocycles. The fraction of sp³-hybridized carbons (Fsp3) is 1.00. The fourth-order valence-corrected chi connectivity index (χ4v) is 0.204. The van der Waals surface area contributed by atoms with Crippen LogP contribution in [0, 0.1) is 0 Å². The zero-order valence-electron chi connectivity index (χ0n) is 6.57. The smallest absolute Gasteiger partial charge is 0.759 e. The molecular weight excluding hydrogens is 200 g/mol. The molecule has 0 N–H and O–H groups in total. The first-order valence-electron chi connectivity index (χ1n) is 2.66. The average molecular weight is 210 g/mol. The summed E-state index contributed by atoms with van der Waals surface area (Å²) in [7, 11) is -5.17. The van der Waals surface area contributed by atoms with E-state index < -0.39 is 10.4 Å². The summed E-state index contributed by atoms with van der Waals surface area (Å²) in [5.74, 6) is 0. The Bertz CT molecular complexity index is 133. The molecule has 0 heterocycles. The molecule has 0 aromatic rings. The first kappa shape index (κ1) is 18.0. The Hall–Kier alpha value is 1.09. The second kappa shape index (κ2) is 11.1. The summed E-state index contributed by atoms with van der Waals surface area (Å²) >= 11 is 0. The summed E-state index contributed by atoms with van der Waals surface area (Å²) in [6.07, 6.45) is 0. The number of ether oxygens (including phenoxy) is 1. The van der Waals surface area contributed by atoms with Gasteiger partial charge in [-0.1, -0.05) is 0 Å². The molecule has 0 amide bonds. The summed E-state index contributed by atoms with van der Waals surface area (Å²) in [6.45, 7) is 5.67. The molecule has 0 aromatic carbocycles. The van der Waals surface area contributed by atoms with Crippen LogP contribution in [0.1, 0.15) is 13.8 Å². The quantitative estimate of drug-likeness (QED) is 0.342. The van der Waals surface area contributed by atoms with Gasteiger partial charge in [-0.15, -0.1) is 0 Å². The molecule has 5 nitrogen and oxygen atoms in total. The van der Waals surface area contributed by atoms with Crippen molar-refractivity contribution in [3.05, 3.63) is 0 Å². The Morgan fingerprint density at radius 1 is 1.18 bits per heavy atom. The van der Waals surface area contributed by atoms with E-state index in [1.807, 2.05) is 13.8 Å². The molecule has 0 radical (unpaired) electrons. The number of hydrogen-bond acceptors (Lipinski definition) is 5. The molecule has 0 bridgehead atoms. The van der Waals surface area contributed by atoms with E-state index >= 15 is 0 Å². The van der Waals surface area contributed by atoms with Crippen LogP contribution in [-0.2, 0) is 15.1 Å². The molecular formula is C4H10CaO5S. The van der Waals surface area contributed by atoms with E-state index in [4.69, 9.17) is 22.3 Å². The molecule has 0 atom stereocenters. The monoisotopic (exact) mass is 210 g/mol. The third kappa shape index (κ3) is 96.0. The van der Waals surface area contributed by atoms with Gasteiger partial charge in [0.25, 0.3) is 0 Å². The summed E-state index contributed by atoms with van der Waals surface area (Å²) in [5, 5.41) is 0. The zero-order valence-corrected chi connectivity index (χ0v) is 9.60. The number of hydrogen-bond donors (Lipinski definition) is 0. The Labute approximate surface area is 96.7 Å². The molecule has 0 fully saturated rings. The van der Waals surface area contributed by atoms with Gasteiger partial charge in [0.2, 0.25) is 0 Å². The van der Waals surface area contributed by atoms with Crippen LogP contribution in [-0.4, -0.2) is 68.5 Å². The largest absolute Gasteiger partial charge is 2.00 e. The van der Waals surface area contributed by atoms with Gasteiger partial charge in [-0.05, 0) is 13.8 Å². The second-order valence-electron chi connectivity index (χ2n) is 1.19. The molecule has 0 saturated heterocycles. The fourth-order valence-electron chi connectivity index (χ4n) is 0.204. The predicted molar refractivity (Wildman–Crippen MR) is 38.4 cm³/mol. The minimum absolute atomic E-state index is 0. The Morgan fingerprint density at radius 3 is 1.36 bits per heavy atom. The first-order chi connectivity index (χ1) is 4.41.